The average Bonchev–Trinajstić information content (AvgIpc) is 2.54. The maximum atomic E-state index is 12.2. The second-order valence-corrected chi connectivity index (χ2v) is 7.73. The summed E-state index contributed by atoms with van der Waals surface area (Å²) in [5.41, 5.74) is 1.08. The Hall–Kier alpha value is -1.93. The number of rotatable bonds is 7. The molecule has 8 heteroatoms. The van der Waals surface area contributed by atoms with E-state index in [0.717, 1.165) is 18.4 Å². The molecular formula is C16H21NO6S. The summed E-state index contributed by atoms with van der Waals surface area (Å²) in [7, 11) is -4.09. The fourth-order valence-corrected chi connectivity index (χ4v) is 4.15. The lowest BCUT2D eigenvalue weighted by atomic mass is 9.84. The van der Waals surface area contributed by atoms with E-state index in [2.05, 4.69) is 0 Å². The van der Waals surface area contributed by atoms with E-state index in [1.165, 1.54) is 31.4 Å². The fraction of sp³-hybridized carbons (Fsp3) is 0.500. The number of carbonyl (C=O) groups is 2. The average molecular weight is 355 g/mol. The normalized spacial score (nSPS) is 17.3. The molecule has 1 fully saturated rings. The first-order valence-corrected chi connectivity index (χ1v) is 9.35. The van der Waals surface area contributed by atoms with Gasteiger partial charge in [-0.25, -0.2) is 8.42 Å². The van der Waals surface area contributed by atoms with Crippen molar-refractivity contribution in [3.63, 3.8) is 0 Å². The van der Waals surface area contributed by atoms with Crippen molar-refractivity contribution in [3.8, 4) is 0 Å². The Morgan fingerprint density at radius 2 is 1.67 bits per heavy atom. The monoisotopic (exact) mass is 355 g/mol. The molecule has 0 aromatic heterocycles. The number of hydrogen-bond donors (Lipinski definition) is 3. The zero-order valence-electron chi connectivity index (χ0n) is 13.1. The molecule has 24 heavy (non-hydrogen) atoms. The van der Waals surface area contributed by atoms with Crippen molar-refractivity contribution in [2.45, 2.75) is 55.4 Å². The van der Waals surface area contributed by atoms with Crippen molar-refractivity contribution < 1.29 is 28.2 Å². The molecule has 1 aliphatic rings. The molecule has 1 atom stereocenters. The predicted molar refractivity (Wildman–Crippen MR) is 86.3 cm³/mol. The number of aliphatic carboxylic acids is 2. The van der Waals surface area contributed by atoms with Crippen molar-refractivity contribution in [1.82, 2.24) is 4.72 Å². The number of benzene rings is 1. The summed E-state index contributed by atoms with van der Waals surface area (Å²) in [6, 6.07) is 4.66. The Balaban J connectivity index is 2.13. The molecule has 0 saturated heterocycles. The van der Waals surface area contributed by atoms with Crippen LogP contribution in [0.2, 0.25) is 0 Å². The van der Waals surface area contributed by atoms with Crippen LogP contribution in [-0.2, 0) is 19.6 Å². The molecule has 2 rings (SSSR count). The van der Waals surface area contributed by atoms with Crippen molar-refractivity contribution in [2.24, 2.45) is 0 Å². The van der Waals surface area contributed by atoms with Crippen LogP contribution in [0.3, 0.4) is 0 Å². The van der Waals surface area contributed by atoms with Gasteiger partial charge in [-0.2, -0.15) is 4.72 Å². The van der Waals surface area contributed by atoms with Crippen LogP contribution in [0, 0.1) is 0 Å². The fourth-order valence-electron chi connectivity index (χ4n) is 2.96. The standard InChI is InChI=1S/C16H21NO6S/c18-15(19)10-14(16(20)21)17-24(22,23)13-8-6-12(7-9-13)11-4-2-1-3-5-11/h6-9,11,14,17H,1-5,10H2,(H,18,19)(H,20,21)/t14-/m0/s1. The van der Waals surface area contributed by atoms with Crippen LogP contribution in [0.25, 0.3) is 0 Å². The lowest BCUT2D eigenvalue weighted by molar-refractivity contribution is -0.145. The predicted octanol–water partition coefficient (Wildman–Crippen LogP) is 1.94. The Labute approximate surface area is 140 Å². The minimum absolute atomic E-state index is 0.0706. The van der Waals surface area contributed by atoms with Gasteiger partial charge in [0.25, 0.3) is 0 Å². The maximum absolute atomic E-state index is 12.2. The number of sulfonamides is 1. The highest BCUT2D eigenvalue weighted by atomic mass is 32.2. The molecule has 7 nitrogen and oxygen atoms in total. The van der Waals surface area contributed by atoms with E-state index in [1.54, 1.807) is 12.1 Å². The summed E-state index contributed by atoms with van der Waals surface area (Å²) in [6.07, 6.45) is 4.92. The third-order valence-electron chi connectivity index (χ3n) is 4.24. The molecule has 0 spiro atoms. The minimum atomic E-state index is -4.09. The number of hydrogen-bond acceptors (Lipinski definition) is 4. The lowest BCUT2D eigenvalue weighted by Gasteiger charge is -2.22. The van der Waals surface area contributed by atoms with Gasteiger partial charge >= 0.3 is 11.9 Å². The molecule has 1 aromatic carbocycles. The van der Waals surface area contributed by atoms with Gasteiger partial charge in [0.1, 0.15) is 6.04 Å². The second kappa shape index (κ2) is 7.76. The van der Waals surface area contributed by atoms with Gasteiger partial charge in [-0.1, -0.05) is 31.4 Å². The van der Waals surface area contributed by atoms with E-state index >= 15 is 0 Å². The van der Waals surface area contributed by atoms with Gasteiger partial charge < -0.3 is 10.2 Å². The Kier molecular flexibility index (Phi) is 5.95. The summed E-state index contributed by atoms with van der Waals surface area (Å²) in [6.45, 7) is 0. The third kappa shape index (κ3) is 4.78. The topological polar surface area (TPSA) is 121 Å². The van der Waals surface area contributed by atoms with E-state index in [0.29, 0.717) is 5.92 Å². The number of nitrogens with one attached hydrogen (secondary N) is 1. The minimum Gasteiger partial charge on any atom is -0.481 e. The van der Waals surface area contributed by atoms with Crippen molar-refractivity contribution in [2.75, 3.05) is 0 Å². The van der Waals surface area contributed by atoms with Gasteiger partial charge in [0, 0.05) is 0 Å². The molecule has 0 amide bonds. The quantitative estimate of drug-likeness (QED) is 0.687. The van der Waals surface area contributed by atoms with Crippen LogP contribution in [0.15, 0.2) is 29.2 Å². The summed E-state index contributed by atoms with van der Waals surface area (Å²) in [5, 5.41) is 17.6. The molecule has 0 aliphatic heterocycles. The molecule has 0 radical (unpaired) electrons. The van der Waals surface area contributed by atoms with Crippen LogP contribution < -0.4 is 4.72 Å². The van der Waals surface area contributed by atoms with Crippen LogP contribution in [0.5, 0.6) is 0 Å². The second-order valence-electron chi connectivity index (χ2n) is 6.01. The van der Waals surface area contributed by atoms with Crippen LogP contribution in [0.1, 0.15) is 50.0 Å². The van der Waals surface area contributed by atoms with Crippen LogP contribution in [-0.4, -0.2) is 36.6 Å². The first-order valence-electron chi connectivity index (χ1n) is 7.86. The molecule has 1 saturated carbocycles. The first-order chi connectivity index (χ1) is 11.3. The highest BCUT2D eigenvalue weighted by Crippen LogP contribution is 2.32. The number of carboxylic acid groups (broad SMARTS) is 2. The van der Waals surface area contributed by atoms with Gasteiger partial charge in [0.05, 0.1) is 11.3 Å². The number of carboxylic acids is 2. The molecule has 1 aromatic rings. The summed E-state index contributed by atoms with van der Waals surface area (Å²) >= 11 is 0. The highest BCUT2D eigenvalue weighted by molar-refractivity contribution is 7.89. The zero-order chi connectivity index (χ0) is 17.7. The van der Waals surface area contributed by atoms with Gasteiger partial charge in [-0.15, -0.1) is 0 Å². The molecule has 0 bridgehead atoms. The molecule has 1 aliphatic carbocycles. The van der Waals surface area contributed by atoms with Gasteiger partial charge in [0.15, 0.2) is 0 Å². The molecule has 0 heterocycles. The largest absolute Gasteiger partial charge is 0.481 e. The van der Waals surface area contributed by atoms with E-state index < -0.39 is 34.4 Å². The van der Waals surface area contributed by atoms with Crippen LogP contribution >= 0.6 is 0 Å². The third-order valence-corrected chi connectivity index (χ3v) is 5.73. The van der Waals surface area contributed by atoms with Crippen molar-refractivity contribution >= 4 is 22.0 Å². The Morgan fingerprint density at radius 1 is 1.08 bits per heavy atom. The lowest BCUT2D eigenvalue weighted by Crippen LogP contribution is -2.42. The molecular weight excluding hydrogens is 334 g/mol. The summed E-state index contributed by atoms with van der Waals surface area (Å²) in [5.74, 6) is -2.49. The van der Waals surface area contributed by atoms with Crippen molar-refractivity contribution in [3.05, 3.63) is 29.8 Å². The zero-order valence-corrected chi connectivity index (χ0v) is 14.0. The smallest absolute Gasteiger partial charge is 0.322 e. The molecule has 3 N–H and O–H groups in total. The summed E-state index contributed by atoms with van der Waals surface area (Å²) < 4.78 is 26.4. The molecule has 132 valence electrons. The van der Waals surface area contributed by atoms with Gasteiger partial charge in [0.2, 0.25) is 10.0 Å². The van der Waals surface area contributed by atoms with E-state index in [-0.39, 0.29) is 4.90 Å². The van der Waals surface area contributed by atoms with E-state index in [4.69, 9.17) is 10.2 Å². The maximum Gasteiger partial charge on any atom is 0.322 e. The van der Waals surface area contributed by atoms with E-state index in [1.807, 2.05) is 4.72 Å². The Bertz CT molecular complexity index is 692. The highest BCUT2D eigenvalue weighted by Gasteiger charge is 2.27. The molecule has 0 unspecified atom stereocenters. The first kappa shape index (κ1) is 18.4. The Morgan fingerprint density at radius 3 is 2.17 bits per heavy atom. The SMILES string of the molecule is O=C(O)C[C@H](NS(=O)(=O)c1ccc(C2CCCCC2)cc1)C(=O)O. The van der Waals surface area contributed by atoms with Gasteiger partial charge in [-0.3, -0.25) is 9.59 Å². The summed E-state index contributed by atoms with van der Waals surface area (Å²) in [4.78, 5) is 21.6. The van der Waals surface area contributed by atoms with Gasteiger partial charge in [-0.05, 0) is 36.5 Å². The van der Waals surface area contributed by atoms with Crippen molar-refractivity contribution in [1.29, 1.82) is 0 Å². The van der Waals surface area contributed by atoms with E-state index in [9.17, 15) is 18.0 Å². The van der Waals surface area contributed by atoms with Crippen LogP contribution in [0.4, 0.5) is 0 Å².